The first-order chi connectivity index (χ1) is 13.3. The summed E-state index contributed by atoms with van der Waals surface area (Å²) in [6, 6.07) is 5.80. The third-order valence-corrected chi connectivity index (χ3v) is 8.06. The van der Waals surface area contributed by atoms with Crippen LogP contribution in [0, 0.1) is 11.8 Å². The Morgan fingerprint density at radius 2 is 2.00 bits per heavy atom. The fourth-order valence-corrected chi connectivity index (χ4v) is 5.15. The van der Waals surface area contributed by atoms with Crippen LogP contribution in [0.2, 0.25) is 0 Å². The van der Waals surface area contributed by atoms with Crippen molar-refractivity contribution in [2.75, 3.05) is 14.1 Å². The van der Waals surface area contributed by atoms with Gasteiger partial charge in [0.05, 0.1) is 22.5 Å². The maximum Gasteiger partial charge on any atom is 0.242 e. The van der Waals surface area contributed by atoms with Crippen molar-refractivity contribution in [2.45, 2.75) is 70.5 Å². The summed E-state index contributed by atoms with van der Waals surface area (Å²) >= 11 is 0. The van der Waals surface area contributed by atoms with Crippen molar-refractivity contribution in [3.8, 4) is 0 Å². The van der Waals surface area contributed by atoms with Gasteiger partial charge in [0.15, 0.2) is 0 Å². The predicted octanol–water partition coefficient (Wildman–Crippen LogP) is 3.61. The summed E-state index contributed by atoms with van der Waals surface area (Å²) < 4.78 is 28.4. The molecule has 0 radical (unpaired) electrons. The third-order valence-electron chi connectivity index (χ3n) is 6.25. The van der Waals surface area contributed by atoms with Crippen LogP contribution in [0.5, 0.6) is 0 Å². The Hall–Kier alpha value is -1.44. The first-order valence-electron chi connectivity index (χ1n) is 10.4. The van der Waals surface area contributed by atoms with Crippen molar-refractivity contribution < 1.29 is 8.42 Å². The van der Waals surface area contributed by atoms with Crippen LogP contribution in [0.25, 0.3) is 11.0 Å². The van der Waals surface area contributed by atoms with Gasteiger partial charge < -0.3 is 9.88 Å². The highest BCUT2D eigenvalue weighted by atomic mass is 32.2. The number of aryl methyl sites for hydroxylation is 1. The van der Waals surface area contributed by atoms with Gasteiger partial charge in [-0.15, -0.1) is 0 Å². The lowest BCUT2D eigenvalue weighted by Crippen LogP contribution is -2.40. The molecule has 0 amide bonds. The van der Waals surface area contributed by atoms with Crippen molar-refractivity contribution >= 4 is 21.1 Å². The van der Waals surface area contributed by atoms with Crippen LogP contribution in [0.4, 0.5) is 0 Å². The van der Waals surface area contributed by atoms with Gasteiger partial charge in [-0.25, -0.2) is 17.7 Å². The summed E-state index contributed by atoms with van der Waals surface area (Å²) in [4.78, 5) is 5.10. The molecule has 1 aromatic heterocycles. The van der Waals surface area contributed by atoms with Gasteiger partial charge in [0.25, 0.3) is 0 Å². The van der Waals surface area contributed by atoms with E-state index in [1.165, 1.54) is 23.6 Å². The molecule has 0 spiro atoms. The van der Waals surface area contributed by atoms with Crippen molar-refractivity contribution in [1.29, 1.82) is 0 Å². The second kappa shape index (κ2) is 8.51. The first-order valence-corrected chi connectivity index (χ1v) is 11.8. The second-order valence-corrected chi connectivity index (χ2v) is 10.5. The van der Waals surface area contributed by atoms with E-state index in [1.807, 2.05) is 6.07 Å². The highest BCUT2D eigenvalue weighted by Gasteiger charge is 2.27. The molecule has 6 nitrogen and oxygen atoms in total. The molecule has 3 atom stereocenters. The Labute approximate surface area is 169 Å². The standard InChI is InChI=1S/C21H34N4O2S/c1-6-12-25-20-11-10-17(28(26,27)24(4)5)13-19(20)23-21(25)14-22-18-9-7-8-15(2)16(18)3/h10-11,13,15-16,18,22H,6-9,12,14H2,1-5H3. The number of hydrogen-bond donors (Lipinski definition) is 1. The third kappa shape index (κ3) is 4.11. The molecule has 1 aromatic carbocycles. The van der Waals surface area contributed by atoms with E-state index in [0.29, 0.717) is 23.4 Å². The van der Waals surface area contributed by atoms with Gasteiger partial charge in [-0.1, -0.05) is 33.6 Å². The van der Waals surface area contributed by atoms with Crippen LogP contribution >= 0.6 is 0 Å². The van der Waals surface area contributed by atoms with Crippen molar-refractivity contribution in [3.63, 3.8) is 0 Å². The van der Waals surface area contributed by atoms with Gasteiger partial charge in [-0.2, -0.15) is 0 Å². The van der Waals surface area contributed by atoms with Gasteiger partial charge in [0.2, 0.25) is 10.0 Å². The molecule has 1 N–H and O–H groups in total. The number of nitrogens with zero attached hydrogens (tertiary/aromatic N) is 3. The minimum atomic E-state index is -3.46. The van der Waals surface area contributed by atoms with E-state index in [1.54, 1.807) is 26.2 Å². The maximum atomic E-state index is 12.5. The second-order valence-electron chi connectivity index (χ2n) is 8.37. The Bertz CT molecular complexity index is 920. The van der Waals surface area contributed by atoms with Crippen LogP contribution in [0.15, 0.2) is 23.1 Å². The smallest absolute Gasteiger partial charge is 0.242 e. The zero-order valence-electron chi connectivity index (χ0n) is 17.8. The number of fused-ring (bicyclic) bond motifs is 1. The van der Waals surface area contributed by atoms with E-state index in [2.05, 4.69) is 30.7 Å². The van der Waals surface area contributed by atoms with Crippen molar-refractivity contribution in [1.82, 2.24) is 19.2 Å². The molecular weight excluding hydrogens is 372 g/mol. The number of nitrogens with one attached hydrogen (secondary N) is 1. The van der Waals surface area contributed by atoms with E-state index in [4.69, 9.17) is 4.98 Å². The molecule has 3 unspecified atom stereocenters. The molecule has 1 heterocycles. The van der Waals surface area contributed by atoms with E-state index in [-0.39, 0.29) is 0 Å². The fourth-order valence-electron chi connectivity index (χ4n) is 4.23. The average Bonchev–Trinajstić information content (AvgIpc) is 3.00. The average molecular weight is 407 g/mol. The fraction of sp³-hybridized carbons (Fsp3) is 0.667. The number of hydrogen-bond acceptors (Lipinski definition) is 4. The van der Waals surface area contributed by atoms with Gasteiger partial charge in [-0.05, 0) is 42.9 Å². The summed E-state index contributed by atoms with van der Waals surface area (Å²) in [5, 5.41) is 3.73. The van der Waals surface area contributed by atoms with E-state index < -0.39 is 10.0 Å². The molecule has 1 fully saturated rings. The molecule has 3 rings (SSSR count). The molecule has 1 aliphatic rings. The SMILES string of the molecule is CCCn1c(CNC2CCCC(C)C2C)nc2cc(S(=O)(=O)N(C)C)ccc21. The number of benzene rings is 1. The normalized spacial score (nSPS) is 23.6. The molecule has 7 heteroatoms. The monoisotopic (exact) mass is 406 g/mol. The molecule has 2 aromatic rings. The predicted molar refractivity (Wildman–Crippen MR) is 114 cm³/mol. The van der Waals surface area contributed by atoms with Gasteiger partial charge in [-0.3, -0.25) is 0 Å². The molecule has 156 valence electrons. The lowest BCUT2D eigenvalue weighted by molar-refractivity contribution is 0.204. The van der Waals surface area contributed by atoms with Crippen LogP contribution < -0.4 is 5.32 Å². The summed E-state index contributed by atoms with van der Waals surface area (Å²) in [5.74, 6) is 2.40. The van der Waals surface area contributed by atoms with Gasteiger partial charge in [0.1, 0.15) is 5.82 Å². The Kier molecular flexibility index (Phi) is 6.47. The highest BCUT2D eigenvalue weighted by Crippen LogP contribution is 2.30. The Morgan fingerprint density at radius 1 is 1.25 bits per heavy atom. The van der Waals surface area contributed by atoms with Crippen LogP contribution in [-0.2, 0) is 23.1 Å². The molecular formula is C21H34N4O2S. The number of aromatic nitrogens is 2. The molecule has 1 saturated carbocycles. The largest absolute Gasteiger partial charge is 0.327 e. The summed E-state index contributed by atoms with van der Waals surface area (Å²) in [6.45, 7) is 8.43. The molecule has 0 saturated heterocycles. The van der Waals surface area contributed by atoms with Crippen LogP contribution in [0.3, 0.4) is 0 Å². The van der Waals surface area contributed by atoms with Crippen LogP contribution in [-0.4, -0.2) is 42.4 Å². The summed E-state index contributed by atoms with van der Waals surface area (Å²) in [6.07, 6.45) is 4.81. The topological polar surface area (TPSA) is 67.2 Å². The molecule has 0 bridgehead atoms. The van der Waals surface area contributed by atoms with Gasteiger partial charge >= 0.3 is 0 Å². The Balaban J connectivity index is 1.90. The summed E-state index contributed by atoms with van der Waals surface area (Å²) in [7, 11) is -0.354. The van der Waals surface area contributed by atoms with Crippen molar-refractivity contribution in [2.24, 2.45) is 11.8 Å². The Morgan fingerprint density at radius 3 is 2.68 bits per heavy atom. The molecule has 0 aliphatic heterocycles. The zero-order valence-corrected chi connectivity index (χ0v) is 18.6. The number of rotatable bonds is 7. The lowest BCUT2D eigenvalue weighted by atomic mass is 9.78. The van der Waals surface area contributed by atoms with Crippen molar-refractivity contribution in [3.05, 3.63) is 24.0 Å². The van der Waals surface area contributed by atoms with E-state index in [9.17, 15) is 8.42 Å². The van der Waals surface area contributed by atoms with E-state index >= 15 is 0 Å². The minimum absolute atomic E-state index is 0.292. The lowest BCUT2D eigenvalue weighted by Gasteiger charge is -2.34. The molecule has 1 aliphatic carbocycles. The zero-order chi connectivity index (χ0) is 20.5. The number of sulfonamides is 1. The quantitative estimate of drug-likeness (QED) is 0.763. The van der Waals surface area contributed by atoms with Crippen LogP contribution in [0.1, 0.15) is 52.3 Å². The number of imidazole rings is 1. The summed E-state index contributed by atoms with van der Waals surface area (Å²) in [5.41, 5.74) is 1.75. The molecule has 28 heavy (non-hydrogen) atoms. The highest BCUT2D eigenvalue weighted by molar-refractivity contribution is 7.89. The van der Waals surface area contributed by atoms with Gasteiger partial charge in [0, 0.05) is 26.7 Å². The van der Waals surface area contributed by atoms with E-state index in [0.717, 1.165) is 35.7 Å². The maximum absolute atomic E-state index is 12.5. The minimum Gasteiger partial charge on any atom is -0.327 e. The first kappa shape index (κ1) is 21.3.